The van der Waals surface area contributed by atoms with Gasteiger partial charge in [0, 0.05) is 24.4 Å². The van der Waals surface area contributed by atoms with E-state index < -0.39 is 0 Å². The Bertz CT molecular complexity index is 1180. The van der Waals surface area contributed by atoms with Gasteiger partial charge in [-0.15, -0.1) is 0 Å². The van der Waals surface area contributed by atoms with Crippen LogP contribution in [0, 0.1) is 12.8 Å². The summed E-state index contributed by atoms with van der Waals surface area (Å²) < 4.78 is 10.7. The number of H-pyrrole nitrogens is 1. The van der Waals surface area contributed by atoms with Crippen molar-refractivity contribution in [2.24, 2.45) is 5.92 Å². The van der Waals surface area contributed by atoms with E-state index in [-0.39, 0.29) is 29.2 Å². The second-order valence-corrected chi connectivity index (χ2v) is 9.66. The van der Waals surface area contributed by atoms with Gasteiger partial charge in [-0.2, -0.15) is 0 Å². The molecule has 0 aliphatic carbocycles. The van der Waals surface area contributed by atoms with Crippen molar-refractivity contribution in [2.45, 2.75) is 51.8 Å². The van der Waals surface area contributed by atoms with E-state index in [1.54, 1.807) is 12.0 Å². The number of hydrogen-bond acceptors (Lipinski definition) is 7. The average molecular weight is 481 g/mol. The molecule has 2 fully saturated rings. The van der Waals surface area contributed by atoms with Crippen LogP contribution in [0.4, 0.5) is 0 Å². The van der Waals surface area contributed by atoms with E-state index in [4.69, 9.17) is 9.47 Å². The van der Waals surface area contributed by atoms with Crippen LogP contribution in [0.2, 0.25) is 0 Å². The van der Waals surface area contributed by atoms with E-state index in [0.717, 1.165) is 54.9 Å². The lowest BCUT2D eigenvalue weighted by molar-refractivity contribution is -0.133. The van der Waals surface area contributed by atoms with E-state index in [1.807, 2.05) is 25.1 Å². The van der Waals surface area contributed by atoms with Crippen molar-refractivity contribution < 1.29 is 19.1 Å². The highest BCUT2D eigenvalue weighted by molar-refractivity contribution is 5.98. The molecule has 0 spiro atoms. The van der Waals surface area contributed by atoms with E-state index in [2.05, 4.69) is 14.9 Å². The molecule has 1 aromatic carbocycles. The number of ketones is 1. The summed E-state index contributed by atoms with van der Waals surface area (Å²) in [7, 11) is 1.63. The van der Waals surface area contributed by atoms with Gasteiger partial charge in [0.25, 0.3) is 5.56 Å². The predicted octanol–water partition coefficient (Wildman–Crippen LogP) is 1.86. The van der Waals surface area contributed by atoms with Crippen LogP contribution < -0.4 is 10.3 Å². The van der Waals surface area contributed by atoms with Crippen LogP contribution in [0.1, 0.15) is 52.3 Å². The minimum absolute atomic E-state index is 0.0274. The predicted molar refractivity (Wildman–Crippen MR) is 128 cm³/mol. The largest absolute Gasteiger partial charge is 0.496 e. The maximum absolute atomic E-state index is 13.2. The van der Waals surface area contributed by atoms with Crippen molar-refractivity contribution in [3.63, 3.8) is 0 Å². The summed E-state index contributed by atoms with van der Waals surface area (Å²) in [6, 6.07) is 5.41. The number of ether oxygens (including phenoxy) is 2. The molecular weight excluding hydrogens is 448 g/mol. The third-order valence-electron chi connectivity index (χ3n) is 7.51. The second kappa shape index (κ2) is 9.91. The molecule has 0 radical (unpaired) electrons. The third kappa shape index (κ3) is 4.75. The lowest BCUT2D eigenvalue weighted by Gasteiger charge is -2.34. The molecule has 186 valence electrons. The molecule has 2 saturated heterocycles. The summed E-state index contributed by atoms with van der Waals surface area (Å²) >= 11 is 0. The number of likely N-dealkylation sites (tertiary alicyclic amines) is 2. The molecule has 1 amide bonds. The number of piperidine rings is 1. The first-order valence-electron chi connectivity index (χ1n) is 12.3. The molecule has 3 aliphatic rings. The number of fused-ring (bicyclic) bond motifs is 1. The Morgan fingerprint density at radius 3 is 2.74 bits per heavy atom. The summed E-state index contributed by atoms with van der Waals surface area (Å²) in [5.41, 5.74) is 2.87. The second-order valence-electron chi connectivity index (χ2n) is 9.66. The number of nitrogens with zero attached hydrogens (tertiary/aromatic N) is 3. The summed E-state index contributed by atoms with van der Waals surface area (Å²) in [5, 5.41) is 0. The van der Waals surface area contributed by atoms with E-state index in [9.17, 15) is 14.4 Å². The van der Waals surface area contributed by atoms with Gasteiger partial charge in [-0.1, -0.05) is 0 Å². The third-order valence-corrected chi connectivity index (χ3v) is 7.51. The maximum Gasteiger partial charge on any atom is 0.256 e. The fraction of sp³-hybridized carbons (Fsp3) is 0.538. The molecule has 35 heavy (non-hydrogen) atoms. The molecule has 1 aromatic heterocycles. The standard InChI is InChI=1S/C26H32N4O5/c1-16-13-18(3-4-22(16)34-2)24(31)17-5-9-29(10-6-17)21-7-11-30(26(21)33)14-23-27-20-8-12-35-15-19(20)25(32)28-23/h3-4,13,17,21H,5-12,14-15H2,1-2H3,(H,27,28,32). The van der Waals surface area contributed by atoms with Crippen molar-refractivity contribution in [2.75, 3.05) is 33.4 Å². The summed E-state index contributed by atoms with van der Waals surface area (Å²) in [4.78, 5) is 50.0. The van der Waals surface area contributed by atoms with Gasteiger partial charge in [-0.25, -0.2) is 4.98 Å². The SMILES string of the molecule is COc1ccc(C(=O)C2CCN(C3CCN(Cc4nc5c(c(=O)[nH]4)COCC5)C3=O)CC2)cc1C. The molecule has 9 nitrogen and oxygen atoms in total. The molecule has 4 heterocycles. The topological polar surface area (TPSA) is 105 Å². The van der Waals surface area contributed by atoms with Gasteiger partial charge in [0.2, 0.25) is 5.91 Å². The number of carbonyl (C=O) groups is 2. The maximum atomic E-state index is 13.2. The molecule has 3 aliphatic heterocycles. The van der Waals surface area contributed by atoms with E-state index in [1.165, 1.54) is 0 Å². The first kappa shape index (κ1) is 23.7. The van der Waals surface area contributed by atoms with Crippen LogP contribution in [0.15, 0.2) is 23.0 Å². The highest BCUT2D eigenvalue weighted by Crippen LogP contribution is 2.28. The van der Waals surface area contributed by atoms with Gasteiger partial charge in [0.1, 0.15) is 11.6 Å². The zero-order valence-corrected chi connectivity index (χ0v) is 20.3. The first-order valence-corrected chi connectivity index (χ1v) is 12.3. The Hall–Kier alpha value is -3.04. The van der Waals surface area contributed by atoms with Crippen LogP contribution in [0.25, 0.3) is 0 Å². The van der Waals surface area contributed by atoms with Crippen LogP contribution in [0.5, 0.6) is 5.75 Å². The Kier molecular flexibility index (Phi) is 6.71. The normalized spacial score (nSPS) is 21.3. The highest BCUT2D eigenvalue weighted by atomic mass is 16.5. The molecule has 9 heteroatoms. The van der Waals surface area contributed by atoms with Crippen molar-refractivity contribution in [3.05, 3.63) is 56.8 Å². The van der Waals surface area contributed by atoms with Gasteiger partial charge in [0.05, 0.1) is 44.2 Å². The number of amides is 1. The molecule has 5 rings (SSSR count). The fourth-order valence-corrected chi connectivity index (χ4v) is 5.51. The van der Waals surface area contributed by atoms with Crippen molar-refractivity contribution in [1.82, 2.24) is 19.8 Å². The smallest absolute Gasteiger partial charge is 0.256 e. The van der Waals surface area contributed by atoms with Crippen LogP contribution in [0.3, 0.4) is 0 Å². The van der Waals surface area contributed by atoms with Gasteiger partial charge in [-0.3, -0.25) is 19.3 Å². The Labute approximate surface area is 204 Å². The molecular formula is C26H32N4O5. The number of hydrogen-bond donors (Lipinski definition) is 1. The fourth-order valence-electron chi connectivity index (χ4n) is 5.51. The van der Waals surface area contributed by atoms with Crippen molar-refractivity contribution in [1.29, 1.82) is 0 Å². The van der Waals surface area contributed by atoms with Gasteiger partial charge in [0.15, 0.2) is 5.78 Å². The van der Waals surface area contributed by atoms with Crippen LogP contribution in [-0.2, 0) is 29.1 Å². The zero-order valence-electron chi connectivity index (χ0n) is 20.3. The van der Waals surface area contributed by atoms with Crippen molar-refractivity contribution >= 4 is 11.7 Å². The number of rotatable bonds is 6. The quantitative estimate of drug-likeness (QED) is 0.629. The van der Waals surface area contributed by atoms with E-state index >= 15 is 0 Å². The monoisotopic (exact) mass is 480 g/mol. The number of aryl methyl sites for hydroxylation is 1. The minimum atomic E-state index is -0.174. The zero-order chi connectivity index (χ0) is 24.5. The van der Waals surface area contributed by atoms with Gasteiger partial charge < -0.3 is 19.4 Å². The summed E-state index contributed by atoms with van der Waals surface area (Å²) in [6.45, 7) is 5.19. The molecule has 1 atom stereocenters. The number of Topliss-reactive ketones (excluding diaryl/α,β-unsaturated/α-hetero) is 1. The minimum Gasteiger partial charge on any atom is -0.496 e. The van der Waals surface area contributed by atoms with Crippen LogP contribution >= 0.6 is 0 Å². The lowest BCUT2D eigenvalue weighted by Crippen LogP contribution is -2.46. The summed E-state index contributed by atoms with van der Waals surface area (Å²) in [6.07, 6.45) is 2.86. The molecule has 0 saturated carbocycles. The highest BCUT2D eigenvalue weighted by Gasteiger charge is 2.38. The Balaban J connectivity index is 1.18. The average Bonchev–Trinajstić information content (AvgIpc) is 3.23. The van der Waals surface area contributed by atoms with Gasteiger partial charge in [-0.05, 0) is 63.0 Å². The molecule has 1 unspecified atom stereocenters. The summed E-state index contributed by atoms with van der Waals surface area (Å²) in [5.74, 6) is 1.53. The number of carbonyl (C=O) groups excluding carboxylic acids is 2. The van der Waals surface area contributed by atoms with Crippen LogP contribution in [-0.4, -0.2) is 70.9 Å². The van der Waals surface area contributed by atoms with Gasteiger partial charge >= 0.3 is 0 Å². The molecule has 2 aromatic rings. The number of methoxy groups -OCH3 is 1. The lowest BCUT2D eigenvalue weighted by atomic mass is 9.87. The van der Waals surface area contributed by atoms with Crippen molar-refractivity contribution in [3.8, 4) is 5.75 Å². The number of benzene rings is 1. The van der Waals surface area contributed by atoms with E-state index in [0.29, 0.717) is 44.1 Å². The molecule has 1 N–H and O–H groups in total. The molecule has 0 bridgehead atoms. The Morgan fingerprint density at radius 2 is 2.00 bits per heavy atom. The first-order chi connectivity index (χ1) is 16.9. The number of aromatic nitrogens is 2. The number of aromatic amines is 1. The Morgan fingerprint density at radius 1 is 1.20 bits per heavy atom. The number of nitrogens with one attached hydrogen (secondary N) is 1.